The minimum atomic E-state index is -1.17. The smallest absolute Gasteiger partial charge is 0.160 e. The number of aromatic nitrogens is 2. The van der Waals surface area contributed by atoms with E-state index in [-0.39, 0.29) is 0 Å². The van der Waals surface area contributed by atoms with Gasteiger partial charge in [0.1, 0.15) is 11.4 Å². The first-order chi connectivity index (χ1) is 15.4. The summed E-state index contributed by atoms with van der Waals surface area (Å²) in [6, 6.07) is 13.4. The van der Waals surface area contributed by atoms with Crippen molar-refractivity contribution in [3.05, 3.63) is 76.8 Å². The number of ether oxygens (including phenoxy) is 2. The highest BCUT2D eigenvalue weighted by atomic mass is 35.5. The van der Waals surface area contributed by atoms with Crippen molar-refractivity contribution in [1.29, 1.82) is 0 Å². The molecule has 0 aliphatic rings. The first-order valence-corrected chi connectivity index (χ1v) is 11.1. The molecular weight excluding hydrogens is 426 g/mol. The number of halogens is 1. The van der Waals surface area contributed by atoms with Crippen LogP contribution in [0.25, 0.3) is 0 Å². The van der Waals surface area contributed by atoms with Crippen molar-refractivity contribution in [2.75, 3.05) is 34.4 Å². The van der Waals surface area contributed by atoms with Crippen LogP contribution in [0, 0.1) is 0 Å². The van der Waals surface area contributed by atoms with Gasteiger partial charge in [-0.2, -0.15) is 0 Å². The van der Waals surface area contributed by atoms with Crippen molar-refractivity contribution in [1.82, 2.24) is 14.5 Å². The lowest BCUT2D eigenvalue weighted by molar-refractivity contribution is 0.0539. The Labute approximate surface area is 195 Å². The Balaban J connectivity index is 1.61. The molecule has 7 heteroatoms. The molecule has 1 aromatic heterocycles. The summed E-state index contributed by atoms with van der Waals surface area (Å²) in [4.78, 5) is 6.71. The van der Waals surface area contributed by atoms with Crippen molar-refractivity contribution < 1.29 is 14.6 Å². The van der Waals surface area contributed by atoms with Gasteiger partial charge in [0.15, 0.2) is 11.5 Å². The lowest BCUT2D eigenvalue weighted by Crippen LogP contribution is -2.32. The summed E-state index contributed by atoms with van der Waals surface area (Å²) in [6.07, 6.45) is 5.84. The van der Waals surface area contributed by atoms with Gasteiger partial charge < -0.3 is 24.0 Å². The maximum atomic E-state index is 11.7. The second-order valence-corrected chi connectivity index (χ2v) is 8.51. The molecule has 0 aliphatic heterocycles. The molecule has 32 heavy (non-hydrogen) atoms. The predicted octanol–water partition coefficient (Wildman–Crippen LogP) is 4.28. The van der Waals surface area contributed by atoms with Gasteiger partial charge in [0.25, 0.3) is 0 Å². The lowest BCUT2D eigenvalue weighted by Gasteiger charge is -2.29. The van der Waals surface area contributed by atoms with Crippen molar-refractivity contribution in [2.24, 2.45) is 7.05 Å². The summed E-state index contributed by atoms with van der Waals surface area (Å²) >= 11 is 6.06. The van der Waals surface area contributed by atoms with Crippen LogP contribution in [0.1, 0.15) is 29.8 Å². The second-order valence-electron chi connectivity index (χ2n) is 8.08. The standard InChI is InChI=1S/C25H32ClN3O3/c1-28(16-12-19-6-11-22(31-3)23(18-19)32-4)15-5-13-25(30,24-27-14-17-29(24)2)20-7-9-21(26)10-8-20/h6-11,14,17-18,30H,5,12-13,15-16H2,1-4H3. The highest BCUT2D eigenvalue weighted by Crippen LogP contribution is 2.34. The van der Waals surface area contributed by atoms with Gasteiger partial charge in [-0.15, -0.1) is 0 Å². The van der Waals surface area contributed by atoms with Gasteiger partial charge in [0.05, 0.1) is 14.2 Å². The van der Waals surface area contributed by atoms with E-state index >= 15 is 0 Å². The van der Waals surface area contributed by atoms with Crippen molar-refractivity contribution in [3.8, 4) is 11.5 Å². The van der Waals surface area contributed by atoms with Crippen LogP contribution in [0.5, 0.6) is 11.5 Å². The zero-order valence-electron chi connectivity index (χ0n) is 19.2. The Morgan fingerprint density at radius 1 is 1.06 bits per heavy atom. The van der Waals surface area contributed by atoms with Crippen molar-refractivity contribution in [2.45, 2.75) is 24.9 Å². The summed E-state index contributed by atoms with van der Waals surface area (Å²) < 4.78 is 12.6. The molecule has 0 radical (unpaired) electrons. The van der Waals surface area contributed by atoms with Crippen LogP contribution in [0.15, 0.2) is 54.9 Å². The number of methoxy groups -OCH3 is 2. The molecule has 0 bridgehead atoms. The Kier molecular flexibility index (Phi) is 8.18. The van der Waals surface area contributed by atoms with Gasteiger partial charge in [0.2, 0.25) is 0 Å². The zero-order valence-corrected chi connectivity index (χ0v) is 20.0. The van der Waals surface area contributed by atoms with E-state index in [1.807, 2.05) is 42.1 Å². The van der Waals surface area contributed by atoms with Gasteiger partial charge in [-0.1, -0.05) is 29.8 Å². The van der Waals surface area contributed by atoms with E-state index in [1.54, 1.807) is 32.5 Å². The van der Waals surface area contributed by atoms with E-state index in [2.05, 4.69) is 23.0 Å². The molecule has 0 saturated heterocycles. The third-order valence-corrected chi connectivity index (χ3v) is 6.07. The van der Waals surface area contributed by atoms with E-state index in [0.29, 0.717) is 17.3 Å². The molecule has 1 atom stereocenters. The average molecular weight is 458 g/mol. The third kappa shape index (κ3) is 5.63. The normalized spacial score (nSPS) is 13.2. The number of aliphatic hydroxyl groups is 1. The van der Waals surface area contributed by atoms with Gasteiger partial charge in [-0.3, -0.25) is 0 Å². The van der Waals surface area contributed by atoms with Crippen LogP contribution < -0.4 is 9.47 Å². The first-order valence-electron chi connectivity index (χ1n) is 10.7. The molecule has 3 aromatic rings. The minimum absolute atomic E-state index is 0.556. The fourth-order valence-electron chi connectivity index (χ4n) is 3.95. The van der Waals surface area contributed by atoms with Crippen LogP contribution >= 0.6 is 11.6 Å². The molecule has 172 valence electrons. The maximum absolute atomic E-state index is 11.7. The molecule has 1 unspecified atom stereocenters. The largest absolute Gasteiger partial charge is 0.493 e. The molecule has 0 amide bonds. The molecule has 0 spiro atoms. The Bertz CT molecular complexity index is 1010. The monoisotopic (exact) mass is 457 g/mol. The lowest BCUT2D eigenvalue weighted by atomic mass is 9.88. The number of imidazole rings is 1. The van der Waals surface area contributed by atoms with E-state index in [4.69, 9.17) is 21.1 Å². The molecule has 0 aliphatic carbocycles. The molecular formula is C25H32ClN3O3. The number of aryl methyl sites for hydroxylation is 1. The van der Waals surface area contributed by atoms with E-state index in [9.17, 15) is 5.11 Å². The molecule has 0 fully saturated rings. The average Bonchev–Trinajstić information content (AvgIpc) is 3.24. The first kappa shape index (κ1) is 24.1. The molecule has 1 N–H and O–H groups in total. The molecule has 2 aromatic carbocycles. The summed E-state index contributed by atoms with van der Waals surface area (Å²) in [7, 11) is 7.29. The van der Waals surface area contributed by atoms with Gasteiger partial charge in [-0.25, -0.2) is 4.98 Å². The van der Waals surface area contributed by atoms with Gasteiger partial charge >= 0.3 is 0 Å². The van der Waals surface area contributed by atoms with Crippen LogP contribution in [0.3, 0.4) is 0 Å². The third-order valence-electron chi connectivity index (χ3n) is 5.82. The summed E-state index contributed by atoms with van der Waals surface area (Å²) in [5.41, 5.74) is 0.817. The van der Waals surface area contributed by atoms with Gasteiger partial charge in [0, 0.05) is 31.0 Å². The maximum Gasteiger partial charge on any atom is 0.160 e. The molecule has 1 heterocycles. The SMILES string of the molecule is COc1ccc(CCN(C)CCCC(O)(c2ccc(Cl)cc2)c2nccn2C)cc1OC. The molecule has 6 nitrogen and oxygen atoms in total. The molecule has 3 rings (SSSR count). The Morgan fingerprint density at radius 3 is 2.41 bits per heavy atom. The number of likely N-dealkylation sites (N-methyl/N-ethyl adjacent to an activating group) is 1. The Hall–Kier alpha value is -2.54. The zero-order chi connectivity index (χ0) is 23.1. The summed E-state index contributed by atoms with van der Waals surface area (Å²) in [5.74, 6) is 2.11. The number of nitrogens with zero attached hydrogens (tertiary/aromatic N) is 3. The number of hydrogen-bond acceptors (Lipinski definition) is 5. The Morgan fingerprint density at radius 2 is 1.78 bits per heavy atom. The summed E-state index contributed by atoms with van der Waals surface area (Å²) in [5, 5.41) is 12.3. The van der Waals surface area contributed by atoms with E-state index in [0.717, 1.165) is 43.0 Å². The van der Waals surface area contributed by atoms with E-state index < -0.39 is 5.60 Å². The van der Waals surface area contributed by atoms with Crippen LogP contribution in [-0.2, 0) is 19.1 Å². The fourth-order valence-corrected chi connectivity index (χ4v) is 4.07. The topological polar surface area (TPSA) is 59.8 Å². The van der Waals surface area contributed by atoms with Crippen LogP contribution in [-0.4, -0.2) is 53.9 Å². The van der Waals surface area contributed by atoms with Crippen LogP contribution in [0.4, 0.5) is 0 Å². The summed E-state index contributed by atoms with van der Waals surface area (Å²) in [6.45, 7) is 1.75. The van der Waals surface area contributed by atoms with Crippen molar-refractivity contribution in [3.63, 3.8) is 0 Å². The quantitative estimate of drug-likeness (QED) is 0.465. The second kappa shape index (κ2) is 10.9. The molecule has 0 saturated carbocycles. The fraction of sp³-hybridized carbons (Fsp3) is 0.400. The number of rotatable bonds is 11. The predicted molar refractivity (Wildman–Crippen MR) is 128 cm³/mol. The van der Waals surface area contributed by atoms with Crippen LogP contribution in [0.2, 0.25) is 5.02 Å². The minimum Gasteiger partial charge on any atom is -0.493 e. The van der Waals surface area contributed by atoms with Gasteiger partial charge in [-0.05, 0) is 68.2 Å². The van der Waals surface area contributed by atoms with Crippen molar-refractivity contribution >= 4 is 11.6 Å². The highest BCUT2D eigenvalue weighted by Gasteiger charge is 2.35. The number of hydrogen-bond donors (Lipinski definition) is 1. The van der Waals surface area contributed by atoms with E-state index in [1.165, 1.54) is 5.56 Å². The highest BCUT2D eigenvalue weighted by molar-refractivity contribution is 6.30. The number of benzene rings is 2.